The molecule has 120 valence electrons. The Bertz CT molecular complexity index is 786. The highest BCUT2D eigenvalue weighted by Crippen LogP contribution is 2.19. The Morgan fingerprint density at radius 2 is 1.71 bits per heavy atom. The highest BCUT2D eigenvalue weighted by atomic mass is 16.1. The van der Waals surface area contributed by atoms with Crippen molar-refractivity contribution in [3.63, 3.8) is 0 Å². The number of amides is 1. The van der Waals surface area contributed by atoms with Crippen molar-refractivity contribution in [1.82, 2.24) is 10.3 Å². The molecule has 0 aliphatic carbocycles. The Labute approximate surface area is 141 Å². The molecule has 0 spiro atoms. The predicted octanol–water partition coefficient (Wildman–Crippen LogP) is 3.06. The molecule has 0 fully saturated rings. The summed E-state index contributed by atoms with van der Waals surface area (Å²) in [6.45, 7) is 0.565. The van der Waals surface area contributed by atoms with Gasteiger partial charge < -0.3 is 5.73 Å². The number of nitrogens with one attached hydrogen (secondary N) is 1. The lowest BCUT2D eigenvalue weighted by Crippen LogP contribution is -2.33. The molecular weight excluding hydrogens is 298 g/mol. The Balaban J connectivity index is 1.69. The van der Waals surface area contributed by atoms with Crippen LogP contribution in [0.25, 0.3) is 11.1 Å². The molecule has 3 rings (SSSR count). The zero-order chi connectivity index (χ0) is 16.8. The second-order valence-electron chi connectivity index (χ2n) is 5.57. The summed E-state index contributed by atoms with van der Waals surface area (Å²) in [5, 5.41) is 3.22. The van der Waals surface area contributed by atoms with Gasteiger partial charge in [0.2, 0.25) is 5.91 Å². The largest absolute Gasteiger partial charge is 0.368 e. The first-order valence-electron chi connectivity index (χ1n) is 7.81. The van der Waals surface area contributed by atoms with E-state index in [9.17, 15) is 4.79 Å². The maximum Gasteiger partial charge on any atom is 0.239 e. The number of primary amides is 1. The Morgan fingerprint density at radius 3 is 2.33 bits per heavy atom. The predicted molar refractivity (Wildman–Crippen MR) is 94.9 cm³/mol. The van der Waals surface area contributed by atoms with Crippen molar-refractivity contribution in [2.24, 2.45) is 5.73 Å². The highest BCUT2D eigenvalue weighted by molar-refractivity contribution is 5.81. The summed E-state index contributed by atoms with van der Waals surface area (Å²) in [6.07, 6.45) is 3.60. The quantitative estimate of drug-likeness (QED) is 0.734. The van der Waals surface area contributed by atoms with Crippen molar-refractivity contribution >= 4 is 5.91 Å². The van der Waals surface area contributed by atoms with E-state index in [0.29, 0.717) is 6.54 Å². The van der Waals surface area contributed by atoms with E-state index >= 15 is 0 Å². The van der Waals surface area contributed by atoms with Gasteiger partial charge in [0.05, 0.1) is 0 Å². The first kappa shape index (κ1) is 15.9. The van der Waals surface area contributed by atoms with Crippen molar-refractivity contribution < 1.29 is 4.79 Å². The van der Waals surface area contributed by atoms with E-state index in [2.05, 4.69) is 22.4 Å². The van der Waals surface area contributed by atoms with Crippen LogP contribution in [0.3, 0.4) is 0 Å². The third-order valence-corrected chi connectivity index (χ3v) is 3.88. The number of benzene rings is 2. The molecule has 0 bridgehead atoms. The fraction of sp³-hybridized carbons (Fsp3) is 0.100. The van der Waals surface area contributed by atoms with Crippen LogP contribution >= 0.6 is 0 Å². The van der Waals surface area contributed by atoms with Crippen molar-refractivity contribution in [2.45, 2.75) is 12.6 Å². The van der Waals surface area contributed by atoms with Crippen LogP contribution in [-0.4, -0.2) is 10.9 Å². The topological polar surface area (TPSA) is 68.0 Å². The van der Waals surface area contributed by atoms with E-state index in [-0.39, 0.29) is 5.91 Å². The standard InChI is InChI=1S/C20H19N3O/c21-20(24)19(17-5-2-1-3-6-17)23-13-15-8-10-16(11-9-15)18-7-4-12-22-14-18/h1-12,14,19,23H,13H2,(H2,21,24)/t19-/m1/s1. The van der Waals surface area contributed by atoms with Gasteiger partial charge in [0.25, 0.3) is 0 Å². The molecule has 24 heavy (non-hydrogen) atoms. The SMILES string of the molecule is NC(=O)[C@H](NCc1ccc(-c2cccnc2)cc1)c1ccccc1. The van der Waals surface area contributed by atoms with Crippen molar-refractivity contribution in [3.05, 3.63) is 90.3 Å². The number of carbonyl (C=O) groups excluding carboxylic acids is 1. The van der Waals surface area contributed by atoms with Crippen LogP contribution in [0.15, 0.2) is 79.1 Å². The maximum atomic E-state index is 11.7. The van der Waals surface area contributed by atoms with Crippen LogP contribution in [0.4, 0.5) is 0 Å². The molecule has 0 saturated carbocycles. The molecule has 1 atom stereocenters. The fourth-order valence-electron chi connectivity index (χ4n) is 2.60. The van der Waals surface area contributed by atoms with Crippen LogP contribution in [0.5, 0.6) is 0 Å². The summed E-state index contributed by atoms with van der Waals surface area (Å²) in [7, 11) is 0. The summed E-state index contributed by atoms with van der Waals surface area (Å²) in [5.74, 6) is -0.381. The molecular formula is C20H19N3O. The molecule has 2 aromatic carbocycles. The van der Waals surface area contributed by atoms with E-state index in [1.54, 1.807) is 6.20 Å². The van der Waals surface area contributed by atoms with Crippen LogP contribution in [-0.2, 0) is 11.3 Å². The molecule has 3 aromatic rings. The fourth-order valence-corrected chi connectivity index (χ4v) is 2.60. The summed E-state index contributed by atoms with van der Waals surface area (Å²) in [5.41, 5.74) is 9.68. The van der Waals surface area contributed by atoms with Gasteiger partial charge in [0.15, 0.2) is 0 Å². The molecule has 4 heteroatoms. The number of rotatable bonds is 6. The van der Waals surface area contributed by atoms with Gasteiger partial charge in [0.1, 0.15) is 6.04 Å². The number of carbonyl (C=O) groups is 1. The van der Waals surface area contributed by atoms with Gasteiger partial charge in [0, 0.05) is 18.9 Å². The summed E-state index contributed by atoms with van der Waals surface area (Å²) >= 11 is 0. The van der Waals surface area contributed by atoms with E-state index in [0.717, 1.165) is 22.3 Å². The lowest BCUT2D eigenvalue weighted by atomic mass is 10.0. The second-order valence-corrected chi connectivity index (χ2v) is 5.57. The third-order valence-electron chi connectivity index (χ3n) is 3.88. The van der Waals surface area contributed by atoms with Gasteiger partial charge in [-0.05, 0) is 28.3 Å². The van der Waals surface area contributed by atoms with E-state index < -0.39 is 6.04 Å². The van der Waals surface area contributed by atoms with Crippen LogP contribution in [0.2, 0.25) is 0 Å². The molecule has 1 aromatic heterocycles. The Kier molecular flexibility index (Phi) is 4.99. The molecule has 0 unspecified atom stereocenters. The second kappa shape index (κ2) is 7.53. The van der Waals surface area contributed by atoms with Crippen LogP contribution < -0.4 is 11.1 Å². The number of nitrogens with zero attached hydrogens (tertiary/aromatic N) is 1. The average Bonchev–Trinajstić information content (AvgIpc) is 2.64. The highest BCUT2D eigenvalue weighted by Gasteiger charge is 2.16. The minimum Gasteiger partial charge on any atom is -0.368 e. The minimum atomic E-state index is -0.496. The zero-order valence-corrected chi connectivity index (χ0v) is 13.2. The lowest BCUT2D eigenvalue weighted by molar-refractivity contribution is -0.120. The summed E-state index contributed by atoms with van der Waals surface area (Å²) in [4.78, 5) is 15.8. The average molecular weight is 317 g/mol. The Morgan fingerprint density at radius 1 is 0.958 bits per heavy atom. The van der Waals surface area contributed by atoms with E-state index in [1.165, 1.54) is 0 Å². The monoisotopic (exact) mass is 317 g/mol. The normalized spacial score (nSPS) is 11.8. The number of nitrogens with two attached hydrogens (primary N) is 1. The lowest BCUT2D eigenvalue weighted by Gasteiger charge is -2.16. The molecule has 0 aliphatic heterocycles. The Hall–Kier alpha value is -2.98. The first-order chi connectivity index (χ1) is 11.7. The molecule has 1 heterocycles. The van der Waals surface area contributed by atoms with Gasteiger partial charge in [-0.1, -0.05) is 60.7 Å². The van der Waals surface area contributed by atoms with Gasteiger partial charge in [-0.25, -0.2) is 0 Å². The van der Waals surface area contributed by atoms with Gasteiger partial charge in [-0.3, -0.25) is 15.1 Å². The van der Waals surface area contributed by atoms with Gasteiger partial charge in [-0.15, -0.1) is 0 Å². The first-order valence-corrected chi connectivity index (χ1v) is 7.81. The maximum absolute atomic E-state index is 11.7. The molecule has 0 radical (unpaired) electrons. The molecule has 1 amide bonds. The molecule has 0 saturated heterocycles. The summed E-state index contributed by atoms with van der Waals surface area (Å²) < 4.78 is 0. The molecule has 4 nitrogen and oxygen atoms in total. The number of hydrogen-bond donors (Lipinski definition) is 2. The van der Waals surface area contributed by atoms with E-state index in [1.807, 2.05) is 60.8 Å². The van der Waals surface area contributed by atoms with Crippen molar-refractivity contribution in [1.29, 1.82) is 0 Å². The van der Waals surface area contributed by atoms with Gasteiger partial charge >= 0.3 is 0 Å². The molecule has 3 N–H and O–H groups in total. The zero-order valence-electron chi connectivity index (χ0n) is 13.2. The third kappa shape index (κ3) is 3.86. The van der Waals surface area contributed by atoms with Crippen LogP contribution in [0.1, 0.15) is 17.2 Å². The summed E-state index contributed by atoms with van der Waals surface area (Å²) in [6, 6.07) is 21.1. The minimum absolute atomic E-state index is 0.381. The van der Waals surface area contributed by atoms with E-state index in [4.69, 9.17) is 5.73 Å². The van der Waals surface area contributed by atoms with Crippen molar-refractivity contribution in [3.8, 4) is 11.1 Å². The number of pyridine rings is 1. The molecule has 0 aliphatic rings. The number of hydrogen-bond acceptors (Lipinski definition) is 3. The van der Waals surface area contributed by atoms with Gasteiger partial charge in [-0.2, -0.15) is 0 Å². The van der Waals surface area contributed by atoms with Crippen molar-refractivity contribution in [2.75, 3.05) is 0 Å². The number of aromatic nitrogens is 1. The van der Waals surface area contributed by atoms with Crippen LogP contribution in [0, 0.1) is 0 Å². The smallest absolute Gasteiger partial charge is 0.239 e.